The number of esters is 1. The van der Waals surface area contributed by atoms with Crippen molar-refractivity contribution < 1.29 is 23.8 Å². The van der Waals surface area contributed by atoms with Gasteiger partial charge in [-0.3, -0.25) is 14.9 Å². The molecule has 1 heterocycles. The highest BCUT2D eigenvalue weighted by Crippen LogP contribution is 2.28. The molecule has 0 fully saturated rings. The molecule has 8 nitrogen and oxygen atoms in total. The fourth-order valence-electron chi connectivity index (χ4n) is 1.67. The van der Waals surface area contributed by atoms with Gasteiger partial charge < -0.3 is 14.2 Å². The highest BCUT2D eigenvalue weighted by Gasteiger charge is 2.19. The number of nitrogens with zero attached hydrogens (tertiary/aromatic N) is 2. The van der Waals surface area contributed by atoms with Crippen LogP contribution in [0.5, 0.6) is 11.5 Å². The maximum atomic E-state index is 12.2. The molecule has 134 valence electrons. The molecule has 1 N–H and O–H groups in total. The number of carbonyl (C=O) groups is 2. The summed E-state index contributed by atoms with van der Waals surface area (Å²) in [6, 6.07) is 7.06. The zero-order valence-electron chi connectivity index (χ0n) is 13.8. The maximum Gasteiger partial charge on any atom is 0.316 e. The number of anilines is 1. The van der Waals surface area contributed by atoms with Gasteiger partial charge in [0.05, 0.1) is 20.0 Å². The van der Waals surface area contributed by atoms with Gasteiger partial charge in [-0.15, -0.1) is 10.2 Å². The standard InChI is InChI=1S/C15H17N3O5S2/c1-9(23-11-7-5-4-6-10(11)21-2)13(20)16-14-17-18-15(25-14)24-8-12(19)22-3/h4-7,9H,8H2,1-3H3,(H,16,17,20)/t9-/m1/s1. The minimum Gasteiger partial charge on any atom is -0.493 e. The van der Waals surface area contributed by atoms with Gasteiger partial charge in [0.1, 0.15) is 0 Å². The lowest BCUT2D eigenvalue weighted by Gasteiger charge is -2.15. The summed E-state index contributed by atoms with van der Waals surface area (Å²) < 4.78 is 15.9. The second-order valence-corrected chi connectivity index (χ2v) is 6.84. The first-order chi connectivity index (χ1) is 12.0. The maximum absolute atomic E-state index is 12.2. The van der Waals surface area contributed by atoms with Crippen molar-refractivity contribution >= 4 is 40.1 Å². The van der Waals surface area contributed by atoms with Crippen molar-refractivity contribution in [3.63, 3.8) is 0 Å². The number of benzene rings is 1. The van der Waals surface area contributed by atoms with Crippen molar-refractivity contribution in [2.45, 2.75) is 17.4 Å². The number of hydrogen-bond donors (Lipinski definition) is 1. The van der Waals surface area contributed by atoms with Crippen molar-refractivity contribution in [1.29, 1.82) is 0 Å². The Morgan fingerprint density at radius 2 is 1.96 bits per heavy atom. The van der Waals surface area contributed by atoms with E-state index >= 15 is 0 Å². The molecule has 2 aromatic rings. The van der Waals surface area contributed by atoms with E-state index in [1.54, 1.807) is 25.1 Å². The Labute approximate surface area is 152 Å². The first kappa shape index (κ1) is 19.0. The van der Waals surface area contributed by atoms with E-state index in [4.69, 9.17) is 9.47 Å². The van der Waals surface area contributed by atoms with Gasteiger partial charge in [-0.2, -0.15) is 0 Å². The topological polar surface area (TPSA) is 99.6 Å². The summed E-state index contributed by atoms with van der Waals surface area (Å²) in [6.07, 6.45) is -0.758. The van der Waals surface area contributed by atoms with Crippen LogP contribution in [0.1, 0.15) is 6.92 Å². The number of thioether (sulfide) groups is 1. The molecule has 0 unspecified atom stereocenters. The van der Waals surface area contributed by atoms with Gasteiger partial charge in [0.25, 0.3) is 5.91 Å². The molecule has 0 aliphatic rings. The Morgan fingerprint density at radius 1 is 1.24 bits per heavy atom. The zero-order valence-corrected chi connectivity index (χ0v) is 15.5. The van der Waals surface area contributed by atoms with Crippen LogP contribution < -0.4 is 14.8 Å². The third-order valence-electron chi connectivity index (χ3n) is 2.92. The monoisotopic (exact) mass is 383 g/mol. The third kappa shape index (κ3) is 5.61. The Hall–Kier alpha value is -2.33. The molecular weight excluding hydrogens is 366 g/mol. The Bertz CT molecular complexity index is 737. The van der Waals surface area contributed by atoms with Crippen molar-refractivity contribution in [3.8, 4) is 11.5 Å². The van der Waals surface area contributed by atoms with Crippen molar-refractivity contribution in [1.82, 2.24) is 10.2 Å². The van der Waals surface area contributed by atoms with Gasteiger partial charge in [-0.1, -0.05) is 35.2 Å². The number of carbonyl (C=O) groups excluding carboxylic acids is 2. The first-order valence-electron chi connectivity index (χ1n) is 7.17. The van der Waals surface area contributed by atoms with Gasteiger partial charge in [0, 0.05) is 0 Å². The van der Waals surface area contributed by atoms with E-state index in [1.807, 2.05) is 6.07 Å². The molecule has 0 aliphatic heterocycles. The summed E-state index contributed by atoms with van der Waals surface area (Å²) in [5.41, 5.74) is 0. The van der Waals surface area contributed by atoms with Crippen LogP contribution in [0.4, 0.5) is 5.13 Å². The summed E-state index contributed by atoms with van der Waals surface area (Å²) in [4.78, 5) is 23.3. The van der Waals surface area contributed by atoms with Crippen LogP contribution in [0.2, 0.25) is 0 Å². The SMILES string of the molecule is COC(=O)CSc1nnc(NC(=O)[C@@H](C)Oc2ccccc2OC)s1. The van der Waals surface area contributed by atoms with Gasteiger partial charge in [-0.25, -0.2) is 0 Å². The van der Waals surface area contributed by atoms with Crippen molar-refractivity contribution in [2.24, 2.45) is 0 Å². The molecule has 0 spiro atoms. The molecule has 2 rings (SSSR count). The summed E-state index contributed by atoms with van der Waals surface area (Å²) in [6.45, 7) is 1.62. The van der Waals surface area contributed by atoms with Crippen LogP contribution in [-0.4, -0.2) is 48.2 Å². The fraction of sp³-hybridized carbons (Fsp3) is 0.333. The molecule has 25 heavy (non-hydrogen) atoms. The largest absolute Gasteiger partial charge is 0.493 e. The van der Waals surface area contributed by atoms with E-state index < -0.39 is 6.10 Å². The number of nitrogens with one attached hydrogen (secondary N) is 1. The van der Waals surface area contributed by atoms with Crippen LogP contribution >= 0.6 is 23.1 Å². The summed E-state index contributed by atoms with van der Waals surface area (Å²) in [5.74, 6) is 0.418. The smallest absolute Gasteiger partial charge is 0.316 e. The molecule has 1 aromatic heterocycles. The number of para-hydroxylation sites is 2. The van der Waals surface area contributed by atoms with Gasteiger partial charge >= 0.3 is 5.97 Å². The minimum absolute atomic E-state index is 0.131. The highest BCUT2D eigenvalue weighted by atomic mass is 32.2. The average Bonchev–Trinajstić information content (AvgIpc) is 3.07. The molecule has 0 aliphatic carbocycles. The van der Waals surface area contributed by atoms with E-state index in [0.717, 1.165) is 0 Å². The predicted octanol–water partition coefficient (Wildman–Crippen LogP) is 2.22. The van der Waals surface area contributed by atoms with Crippen LogP contribution in [0.15, 0.2) is 28.6 Å². The molecule has 1 aromatic carbocycles. The molecule has 1 atom stereocenters. The van der Waals surface area contributed by atoms with E-state index in [0.29, 0.717) is 21.0 Å². The summed E-state index contributed by atoms with van der Waals surface area (Å²) >= 11 is 2.35. The van der Waals surface area contributed by atoms with Gasteiger partial charge in [-0.05, 0) is 19.1 Å². The van der Waals surface area contributed by atoms with Crippen molar-refractivity contribution in [2.75, 3.05) is 25.3 Å². The normalized spacial score (nSPS) is 11.5. The Morgan fingerprint density at radius 3 is 2.64 bits per heavy atom. The lowest BCUT2D eigenvalue weighted by atomic mass is 10.3. The molecule has 10 heteroatoms. The molecule has 0 bridgehead atoms. The minimum atomic E-state index is -0.758. The average molecular weight is 383 g/mol. The van der Waals surface area contributed by atoms with Gasteiger partial charge in [0.2, 0.25) is 5.13 Å². The number of rotatable bonds is 8. The Balaban J connectivity index is 1.90. The lowest BCUT2D eigenvalue weighted by molar-refractivity contribution is -0.137. The van der Waals surface area contributed by atoms with Crippen LogP contribution in [0, 0.1) is 0 Å². The van der Waals surface area contributed by atoms with Gasteiger partial charge in [0.15, 0.2) is 21.9 Å². The number of ether oxygens (including phenoxy) is 3. The molecule has 0 saturated carbocycles. The molecular formula is C15H17N3O5S2. The van der Waals surface area contributed by atoms with E-state index in [-0.39, 0.29) is 17.6 Å². The fourth-order valence-corrected chi connectivity index (χ4v) is 3.25. The zero-order chi connectivity index (χ0) is 18.2. The highest BCUT2D eigenvalue weighted by molar-refractivity contribution is 8.01. The summed E-state index contributed by atoms with van der Waals surface area (Å²) in [7, 11) is 2.85. The number of aromatic nitrogens is 2. The quantitative estimate of drug-likeness (QED) is 0.421. The number of amides is 1. The summed E-state index contributed by atoms with van der Waals surface area (Å²) in [5, 5.41) is 10.7. The number of hydrogen-bond acceptors (Lipinski definition) is 9. The molecule has 0 saturated heterocycles. The second kappa shape index (κ2) is 9.23. The predicted molar refractivity (Wildman–Crippen MR) is 94.4 cm³/mol. The van der Waals surface area contributed by atoms with E-state index in [2.05, 4.69) is 20.3 Å². The first-order valence-corrected chi connectivity index (χ1v) is 8.97. The second-order valence-electron chi connectivity index (χ2n) is 4.64. The lowest BCUT2D eigenvalue weighted by Crippen LogP contribution is -2.30. The van der Waals surface area contributed by atoms with E-state index in [9.17, 15) is 9.59 Å². The van der Waals surface area contributed by atoms with Crippen LogP contribution in [-0.2, 0) is 14.3 Å². The molecule has 1 amide bonds. The number of methoxy groups -OCH3 is 2. The van der Waals surface area contributed by atoms with Crippen LogP contribution in [0.3, 0.4) is 0 Å². The molecule has 0 radical (unpaired) electrons. The Kier molecular flexibility index (Phi) is 7.02. The van der Waals surface area contributed by atoms with E-state index in [1.165, 1.54) is 37.3 Å². The van der Waals surface area contributed by atoms with Crippen molar-refractivity contribution in [3.05, 3.63) is 24.3 Å². The third-order valence-corrected chi connectivity index (χ3v) is 4.87. The van der Waals surface area contributed by atoms with Crippen LogP contribution in [0.25, 0.3) is 0 Å².